The number of amides is 3. The topological polar surface area (TPSA) is 105 Å². The molecule has 0 bridgehead atoms. The lowest BCUT2D eigenvalue weighted by Gasteiger charge is -2.31. The molecule has 0 aliphatic carbocycles. The van der Waals surface area contributed by atoms with Crippen molar-refractivity contribution in [1.82, 2.24) is 15.1 Å². The molecule has 1 N–H and O–H groups in total. The van der Waals surface area contributed by atoms with Crippen LogP contribution >= 0.6 is 0 Å². The fraction of sp³-hybridized carbons (Fsp3) is 0.515. The van der Waals surface area contributed by atoms with E-state index in [0.717, 1.165) is 24.0 Å². The van der Waals surface area contributed by atoms with Gasteiger partial charge in [0.15, 0.2) is 0 Å². The van der Waals surface area contributed by atoms with Gasteiger partial charge in [0.1, 0.15) is 5.60 Å². The summed E-state index contributed by atoms with van der Waals surface area (Å²) in [6.45, 7) is 7.50. The van der Waals surface area contributed by atoms with Crippen LogP contribution in [0.1, 0.15) is 73.5 Å². The largest absolute Gasteiger partial charge is 0.469 e. The molecule has 9 nitrogen and oxygen atoms in total. The molecule has 0 unspecified atom stereocenters. The first-order valence-electron chi connectivity index (χ1n) is 14.8. The zero-order chi connectivity index (χ0) is 30.3. The number of hydrogen-bond donors (Lipinski definition) is 1. The number of esters is 1. The van der Waals surface area contributed by atoms with Crippen LogP contribution in [0.3, 0.4) is 0 Å². The normalized spacial score (nSPS) is 18.4. The van der Waals surface area contributed by atoms with E-state index in [1.165, 1.54) is 12.7 Å². The number of carbonyl (C=O) groups is 4. The second kappa shape index (κ2) is 13.9. The van der Waals surface area contributed by atoms with Crippen LogP contribution in [0.15, 0.2) is 48.5 Å². The molecular weight excluding hydrogens is 534 g/mol. The molecule has 2 heterocycles. The molecule has 1 saturated heterocycles. The van der Waals surface area contributed by atoms with Gasteiger partial charge in [0, 0.05) is 37.8 Å². The van der Waals surface area contributed by atoms with Crippen molar-refractivity contribution in [2.24, 2.45) is 5.92 Å². The van der Waals surface area contributed by atoms with Gasteiger partial charge in [-0.1, -0.05) is 36.4 Å². The van der Waals surface area contributed by atoms with E-state index in [1.807, 2.05) is 62.1 Å². The Balaban J connectivity index is 1.33. The second-order valence-corrected chi connectivity index (χ2v) is 12.2. The summed E-state index contributed by atoms with van der Waals surface area (Å²) in [5.41, 5.74) is 3.25. The zero-order valence-electron chi connectivity index (χ0n) is 25.2. The minimum Gasteiger partial charge on any atom is -0.469 e. The van der Waals surface area contributed by atoms with Gasteiger partial charge >= 0.3 is 12.1 Å². The number of benzene rings is 2. The average Bonchev–Trinajstić information content (AvgIpc) is 3.25. The Kier molecular flexibility index (Phi) is 10.2. The summed E-state index contributed by atoms with van der Waals surface area (Å²) in [5, 5.41) is 3.01. The molecule has 2 atom stereocenters. The van der Waals surface area contributed by atoms with E-state index in [2.05, 4.69) is 17.4 Å². The molecule has 1 fully saturated rings. The molecule has 2 aromatic carbocycles. The number of aryl methyl sites for hydroxylation is 1. The number of rotatable bonds is 10. The smallest absolute Gasteiger partial charge is 0.410 e. The molecule has 2 aliphatic heterocycles. The molecule has 0 aromatic heterocycles. The Morgan fingerprint density at radius 2 is 1.81 bits per heavy atom. The van der Waals surface area contributed by atoms with E-state index in [0.29, 0.717) is 51.0 Å². The average molecular weight is 578 g/mol. The lowest BCUT2D eigenvalue weighted by atomic mass is 9.97. The number of likely N-dealkylation sites (tertiary alicyclic amines) is 1. The van der Waals surface area contributed by atoms with Crippen LogP contribution in [0.2, 0.25) is 0 Å². The van der Waals surface area contributed by atoms with Gasteiger partial charge < -0.3 is 24.6 Å². The van der Waals surface area contributed by atoms with E-state index < -0.39 is 11.5 Å². The number of nitrogens with one attached hydrogen (secondary N) is 1. The molecule has 3 amide bonds. The summed E-state index contributed by atoms with van der Waals surface area (Å²) in [6.07, 6.45) is 3.26. The predicted molar refractivity (Wildman–Crippen MR) is 159 cm³/mol. The molecule has 2 aliphatic rings. The fourth-order valence-electron chi connectivity index (χ4n) is 5.73. The van der Waals surface area contributed by atoms with Crippen LogP contribution < -0.4 is 5.32 Å². The quantitative estimate of drug-likeness (QED) is 0.417. The van der Waals surface area contributed by atoms with Gasteiger partial charge in [-0.2, -0.15) is 0 Å². The van der Waals surface area contributed by atoms with Gasteiger partial charge in [0.25, 0.3) is 5.91 Å². The summed E-state index contributed by atoms with van der Waals surface area (Å²) < 4.78 is 10.3. The van der Waals surface area contributed by atoms with Crippen molar-refractivity contribution >= 4 is 23.9 Å². The van der Waals surface area contributed by atoms with E-state index >= 15 is 0 Å². The van der Waals surface area contributed by atoms with E-state index in [-0.39, 0.29) is 36.3 Å². The fourth-order valence-corrected chi connectivity index (χ4v) is 5.73. The van der Waals surface area contributed by atoms with Crippen molar-refractivity contribution < 1.29 is 28.7 Å². The Hall–Kier alpha value is -3.88. The first kappa shape index (κ1) is 31.1. The maximum Gasteiger partial charge on any atom is 0.410 e. The van der Waals surface area contributed by atoms with Crippen LogP contribution in [0.4, 0.5) is 4.79 Å². The zero-order valence-corrected chi connectivity index (χ0v) is 25.2. The number of ether oxygens (including phenoxy) is 2. The van der Waals surface area contributed by atoms with Crippen molar-refractivity contribution in [1.29, 1.82) is 0 Å². The van der Waals surface area contributed by atoms with Crippen LogP contribution in [0.25, 0.3) is 0 Å². The SMILES string of the molecule is COC(=O)C[C@@H]1C[C@@H](CCNC(=O)c2ccc3c(c2)CN(C(=O)OC(C)(C)C)CC3)N(CCCc2ccccc2)C1=O. The third kappa shape index (κ3) is 8.33. The minimum absolute atomic E-state index is 0.0194. The van der Waals surface area contributed by atoms with Crippen LogP contribution in [-0.2, 0) is 38.4 Å². The third-order valence-electron chi connectivity index (χ3n) is 7.87. The lowest BCUT2D eigenvalue weighted by Crippen LogP contribution is -2.40. The Morgan fingerprint density at radius 1 is 1.05 bits per heavy atom. The van der Waals surface area contributed by atoms with Crippen LogP contribution in [0, 0.1) is 5.92 Å². The highest BCUT2D eigenvalue weighted by Gasteiger charge is 2.40. The number of fused-ring (bicyclic) bond motifs is 1. The number of nitrogens with zero attached hydrogens (tertiary/aromatic N) is 2. The summed E-state index contributed by atoms with van der Waals surface area (Å²) in [5.74, 6) is -1.00. The van der Waals surface area contributed by atoms with Gasteiger partial charge in [-0.3, -0.25) is 14.4 Å². The van der Waals surface area contributed by atoms with Gasteiger partial charge in [-0.25, -0.2) is 4.79 Å². The summed E-state index contributed by atoms with van der Waals surface area (Å²) in [6, 6.07) is 15.7. The standard InChI is InChI=1S/C33H43N3O6/c1-33(2,3)42-32(40)35-18-15-24-12-13-25(19-27(24)22-35)30(38)34-16-14-28-20-26(21-29(37)41-4)31(39)36(28)17-8-11-23-9-6-5-7-10-23/h5-7,9-10,12-13,19,26,28H,8,11,14-18,20-22H2,1-4H3,(H,34,38)/t26-,28+/m0/s1. The molecule has 42 heavy (non-hydrogen) atoms. The van der Waals surface area contributed by atoms with Crippen molar-refractivity contribution in [2.75, 3.05) is 26.7 Å². The van der Waals surface area contributed by atoms with Crippen molar-refractivity contribution in [3.05, 3.63) is 70.8 Å². The Labute approximate surface area is 248 Å². The number of carbonyl (C=O) groups excluding carboxylic acids is 4. The highest BCUT2D eigenvalue weighted by molar-refractivity contribution is 5.94. The van der Waals surface area contributed by atoms with Crippen molar-refractivity contribution in [3.8, 4) is 0 Å². The molecule has 0 spiro atoms. The van der Waals surface area contributed by atoms with Crippen LogP contribution in [0.5, 0.6) is 0 Å². The van der Waals surface area contributed by atoms with Gasteiger partial charge in [-0.15, -0.1) is 0 Å². The highest BCUT2D eigenvalue weighted by Crippen LogP contribution is 2.30. The highest BCUT2D eigenvalue weighted by atomic mass is 16.6. The maximum absolute atomic E-state index is 13.2. The number of hydrogen-bond acceptors (Lipinski definition) is 6. The Bertz CT molecular complexity index is 1270. The minimum atomic E-state index is -0.570. The molecule has 2 aromatic rings. The summed E-state index contributed by atoms with van der Waals surface area (Å²) in [7, 11) is 1.34. The first-order valence-corrected chi connectivity index (χ1v) is 14.8. The predicted octanol–water partition coefficient (Wildman–Crippen LogP) is 4.51. The molecule has 9 heteroatoms. The van der Waals surface area contributed by atoms with Gasteiger partial charge in [0.2, 0.25) is 5.91 Å². The monoisotopic (exact) mass is 577 g/mol. The van der Waals surface area contributed by atoms with Crippen molar-refractivity contribution in [2.45, 2.75) is 77.5 Å². The van der Waals surface area contributed by atoms with E-state index in [9.17, 15) is 19.2 Å². The van der Waals surface area contributed by atoms with E-state index in [4.69, 9.17) is 9.47 Å². The number of methoxy groups -OCH3 is 1. The lowest BCUT2D eigenvalue weighted by molar-refractivity contribution is -0.144. The summed E-state index contributed by atoms with van der Waals surface area (Å²) >= 11 is 0. The molecule has 0 saturated carbocycles. The van der Waals surface area contributed by atoms with Crippen molar-refractivity contribution in [3.63, 3.8) is 0 Å². The molecular formula is C33H43N3O6. The maximum atomic E-state index is 13.2. The molecule has 226 valence electrons. The Morgan fingerprint density at radius 3 is 2.52 bits per heavy atom. The molecule has 0 radical (unpaired) electrons. The third-order valence-corrected chi connectivity index (χ3v) is 7.87. The first-order chi connectivity index (χ1) is 20.0. The molecule has 4 rings (SSSR count). The van der Waals surface area contributed by atoms with Gasteiger partial charge in [0.05, 0.1) is 19.4 Å². The van der Waals surface area contributed by atoms with Gasteiger partial charge in [-0.05, 0) is 81.7 Å². The summed E-state index contributed by atoms with van der Waals surface area (Å²) in [4.78, 5) is 54.3. The van der Waals surface area contributed by atoms with E-state index in [1.54, 1.807) is 4.90 Å². The van der Waals surface area contributed by atoms with Crippen LogP contribution in [-0.4, -0.2) is 72.1 Å². The second-order valence-electron chi connectivity index (χ2n) is 12.2.